The lowest BCUT2D eigenvalue weighted by atomic mass is 10.1. The maximum atomic E-state index is 12.2. The molecule has 18 heavy (non-hydrogen) atoms. The van der Waals surface area contributed by atoms with E-state index >= 15 is 0 Å². The molecule has 0 saturated carbocycles. The lowest BCUT2D eigenvalue weighted by Gasteiger charge is -2.34. The van der Waals surface area contributed by atoms with Gasteiger partial charge in [-0.2, -0.15) is 0 Å². The van der Waals surface area contributed by atoms with Crippen molar-refractivity contribution in [3.05, 3.63) is 34.8 Å². The van der Waals surface area contributed by atoms with Gasteiger partial charge in [0.05, 0.1) is 21.4 Å². The molecule has 1 amide bonds. The Hall–Kier alpha value is -1.19. The third-order valence-electron chi connectivity index (χ3n) is 2.94. The Balaban J connectivity index is 2.51. The van der Waals surface area contributed by atoms with E-state index in [-0.39, 0.29) is 11.9 Å². The first-order valence-corrected chi connectivity index (χ1v) is 6.52. The maximum absolute atomic E-state index is 12.2. The van der Waals surface area contributed by atoms with Crippen molar-refractivity contribution in [1.29, 1.82) is 0 Å². The number of carbonyl (C=O) groups is 1. The highest BCUT2D eigenvalue weighted by atomic mass is 35.5. The van der Waals surface area contributed by atoms with Crippen molar-refractivity contribution in [2.24, 2.45) is 0 Å². The van der Waals surface area contributed by atoms with E-state index in [0.717, 1.165) is 11.4 Å². The number of amides is 1. The van der Waals surface area contributed by atoms with Gasteiger partial charge in [-0.3, -0.25) is 4.79 Å². The number of benzene rings is 1. The van der Waals surface area contributed by atoms with Crippen LogP contribution in [0.3, 0.4) is 0 Å². The fourth-order valence-electron chi connectivity index (χ4n) is 2.03. The van der Waals surface area contributed by atoms with Gasteiger partial charge in [0.25, 0.3) is 0 Å². The zero-order chi connectivity index (χ0) is 13.3. The van der Waals surface area contributed by atoms with Crippen molar-refractivity contribution >= 4 is 40.5 Å². The Morgan fingerprint density at radius 2 is 2.11 bits per heavy atom. The van der Waals surface area contributed by atoms with Gasteiger partial charge in [0, 0.05) is 6.54 Å². The Kier molecular flexibility index (Phi) is 3.83. The fraction of sp³-hybridized carbons (Fsp3) is 0.308. The standard InChI is InChI=1S/C13H14Cl2N2O/c1-3-5-17-12-7-9(15)8(14)6-11(12)16-10(4-2)13(17)18/h3,6-7,10,16H,1,4-5H2,2H3. The van der Waals surface area contributed by atoms with Gasteiger partial charge in [-0.05, 0) is 18.6 Å². The first-order chi connectivity index (χ1) is 8.58. The highest BCUT2D eigenvalue weighted by molar-refractivity contribution is 6.42. The summed E-state index contributed by atoms with van der Waals surface area (Å²) in [5, 5.41) is 4.10. The summed E-state index contributed by atoms with van der Waals surface area (Å²) < 4.78 is 0. The van der Waals surface area contributed by atoms with Crippen LogP contribution >= 0.6 is 23.2 Å². The van der Waals surface area contributed by atoms with Crippen LogP contribution in [0.5, 0.6) is 0 Å². The summed E-state index contributed by atoms with van der Waals surface area (Å²) in [6.07, 6.45) is 2.41. The SMILES string of the molecule is C=CCN1C(=O)C(CC)Nc2cc(Cl)c(Cl)cc21. The minimum absolute atomic E-state index is 0.0308. The second-order valence-corrected chi connectivity index (χ2v) is 4.94. The first-order valence-electron chi connectivity index (χ1n) is 5.76. The molecule has 1 unspecified atom stereocenters. The van der Waals surface area contributed by atoms with E-state index in [0.29, 0.717) is 23.0 Å². The highest BCUT2D eigenvalue weighted by Crippen LogP contribution is 2.38. The van der Waals surface area contributed by atoms with Gasteiger partial charge < -0.3 is 10.2 Å². The molecule has 2 rings (SSSR count). The number of rotatable bonds is 3. The molecular weight excluding hydrogens is 271 g/mol. The predicted molar refractivity (Wildman–Crippen MR) is 76.7 cm³/mol. The molecule has 1 aliphatic rings. The van der Waals surface area contributed by atoms with Crippen molar-refractivity contribution in [1.82, 2.24) is 0 Å². The number of anilines is 2. The summed E-state index contributed by atoms with van der Waals surface area (Å²) in [7, 11) is 0. The second kappa shape index (κ2) is 5.21. The van der Waals surface area contributed by atoms with Crippen molar-refractivity contribution in [3.63, 3.8) is 0 Å². The number of halogens is 2. The van der Waals surface area contributed by atoms with Crippen LogP contribution in [0.15, 0.2) is 24.8 Å². The summed E-state index contributed by atoms with van der Waals surface area (Å²) in [6, 6.07) is 3.24. The number of carbonyl (C=O) groups excluding carboxylic acids is 1. The van der Waals surface area contributed by atoms with E-state index in [2.05, 4.69) is 11.9 Å². The summed E-state index contributed by atoms with van der Waals surface area (Å²) in [5.74, 6) is 0.0308. The quantitative estimate of drug-likeness (QED) is 0.858. The average molecular weight is 285 g/mol. The molecule has 1 N–H and O–H groups in total. The molecule has 0 spiro atoms. The molecule has 0 radical (unpaired) electrons. The predicted octanol–water partition coefficient (Wildman–Crippen LogP) is 3.72. The molecule has 1 aromatic rings. The molecule has 0 fully saturated rings. The van der Waals surface area contributed by atoms with Crippen LogP contribution in [0, 0.1) is 0 Å². The molecule has 3 nitrogen and oxygen atoms in total. The Morgan fingerprint density at radius 1 is 1.44 bits per heavy atom. The van der Waals surface area contributed by atoms with Crippen LogP contribution in [-0.4, -0.2) is 18.5 Å². The van der Waals surface area contributed by atoms with E-state index in [1.807, 2.05) is 6.92 Å². The van der Waals surface area contributed by atoms with E-state index in [1.165, 1.54) is 0 Å². The van der Waals surface area contributed by atoms with Gasteiger partial charge in [0.2, 0.25) is 5.91 Å². The minimum atomic E-state index is -0.227. The number of nitrogens with zero attached hydrogens (tertiary/aromatic N) is 1. The van der Waals surface area contributed by atoms with Crippen molar-refractivity contribution in [3.8, 4) is 0 Å². The third kappa shape index (κ3) is 2.20. The molecule has 1 aromatic carbocycles. The van der Waals surface area contributed by atoms with Crippen LogP contribution in [0.25, 0.3) is 0 Å². The van der Waals surface area contributed by atoms with Crippen molar-refractivity contribution < 1.29 is 4.79 Å². The smallest absolute Gasteiger partial charge is 0.249 e. The number of nitrogens with one attached hydrogen (secondary N) is 1. The molecular formula is C13H14Cl2N2O. The van der Waals surface area contributed by atoms with Crippen LogP contribution < -0.4 is 10.2 Å². The Labute approximate surface area is 116 Å². The zero-order valence-corrected chi connectivity index (χ0v) is 11.6. The molecule has 1 heterocycles. The van der Waals surface area contributed by atoms with E-state index in [4.69, 9.17) is 23.2 Å². The van der Waals surface area contributed by atoms with Gasteiger partial charge in [0.15, 0.2) is 0 Å². The first kappa shape index (κ1) is 13.2. The second-order valence-electron chi connectivity index (χ2n) is 4.13. The molecule has 5 heteroatoms. The van der Waals surface area contributed by atoms with E-state index in [1.54, 1.807) is 23.1 Å². The molecule has 1 atom stereocenters. The Bertz CT molecular complexity index is 502. The Morgan fingerprint density at radius 3 is 2.72 bits per heavy atom. The number of hydrogen-bond donors (Lipinski definition) is 1. The summed E-state index contributed by atoms with van der Waals surface area (Å²) in [5.41, 5.74) is 1.58. The van der Waals surface area contributed by atoms with Gasteiger partial charge in [0.1, 0.15) is 6.04 Å². The van der Waals surface area contributed by atoms with Gasteiger partial charge >= 0.3 is 0 Å². The fourth-order valence-corrected chi connectivity index (χ4v) is 2.35. The van der Waals surface area contributed by atoms with Crippen LogP contribution in [0.2, 0.25) is 10.0 Å². The molecule has 1 aliphatic heterocycles. The maximum Gasteiger partial charge on any atom is 0.249 e. The van der Waals surface area contributed by atoms with Gasteiger partial charge in [-0.15, -0.1) is 6.58 Å². The highest BCUT2D eigenvalue weighted by Gasteiger charge is 2.31. The lowest BCUT2D eigenvalue weighted by Crippen LogP contribution is -2.47. The molecule has 0 aliphatic carbocycles. The molecule has 96 valence electrons. The third-order valence-corrected chi connectivity index (χ3v) is 3.67. The molecule has 0 saturated heterocycles. The topological polar surface area (TPSA) is 32.3 Å². The number of fused-ring (bicyclic) bond motifs is 1. The number of hydrogen-bond acceptors (Lipinski definition) is 2. The lowest BCUT2D eigenvalue weighted by molar-refractivity contribution is -0.119. The van der Waals surface area contributed by atoms with Gasteiger partial charge in [-0.25, -0.2) is 0 Å². The van der Waals surface area contributed by atoms with Crippen LogP contribution in [0.1, 0.15) is 13.3 Å². The van der Waals surface area contributed by atoms with Crippen LogP contribution in [0.4, 0.5) is 11.4 Å². The zero-order valence-electron chi connectivity index (χ0n) is 10.0. The van der Waals surface area contributed by atoms with Crippen molar-refractivity contribution in [2.75, 3.05) is 16.8 Å². The summed E-state index contributed by atoms with van der Waals surface area (Å²) >= 11 is 12.0. The summed E-state index contributed by atoms with van der Waals surface area (Å²) in [4.78, 5) is 13.9. The average Bonchev–Trinajstić information content (AvgIpc) is 2.35. The van der Waals surface area contributed by atoms with Gasteiger partial charge in [-0.1, -0.05) is 36.2 Å². The van der Waals surface area contributed by atoms with Crippen LogP contribution in [-0.2, 0) is 4.79 Å². The van der Waals surface area contributed by atoms with E-state index < -0.39 is 0 Å². The minimum Gasteiger partial charge on any atom is -0.372 e. The summed E-state index contributed by atoms with van der Waals surface area (Å²) in [6.45, 7) is 6.10. The normalized spacial score (nSPS) is 18.3. The van der Waals surface area contributed by atoms with E-state index in [9.17, 15) is 4.79 Å². The largest absolute Gasteiger partial charge is 0.372 e. The van der Waals surface area contributed by atoms with Crippen molar-refractivity contribution in [2.45, 2.75) is 19.4 Å². The molecule has 0 bridgehead atoms. The monoisotopic (exact) mass is 284 g/mol. The molecule has 0 aromatic heterocycles.